The molecule has 0 aromatic heterocycles. The van der Waals surface area contributed by atoms with E-state index in [0.717, 1.165) is 0 Å². The molecule has 0 aromatic rings. The molecular formula is C4H5F2N3O. The highest BCUT2D eigenvalue weighted by Gasteiger charge is 2.10. The minimum Gasteiger partial charge on any atom is -0.241 e. The van der Waals surface area contributed by atoms with Crippen LogP contribution in [0, 0.1) is 0 Å². The molecular weight excluding hydrogens is 144 g/mol. The van der Waals surface area contributed by atoms with Gasteiger partial charge in [0.25, 0.3) is 0 Å². The van der Waals surface area contributed by atoms with Gasteiger partial charge in [-0.15, -0.1) is 0 Å². The Balaban J connectivity index is 2.67. The van der Waals surface area contributed by atoms with Gasteiger partial charge in [-0.25, -0.2) is 10.3 Å². The molecule has 0 spiro atoms. The van der Waals surface area contributed by atoms with Crippen molar-refractivity contribution < 1.29 is 13.6 Å². The average Bonchev–Trinajstić information content (AvgIpc) is 1.85. The van der Waals surface area contributed by atoms with Crippen LogP contribution in [0.15, 0.2) is 17.1 Å². The van der Waals surface area contributed by atoms with Gasteiger partial charge in [0.2, 0.25) is 11.9 Å². The van der Waals surface area contributed by atoms with Crippen LogP contribution in [0.4, 0.5) is 8.78 Å². The largest absolute Gasteiger partial charge is 0.241 e. The fourth-order valence-corrected chi connectivity index (χ4v) is 0.455. The Morgan fingerprint density at radius 3 is 2.90 bits per heavy atom. The Morgan fingerprint density at radius 2 is 2.40 bits per heavy atom. The van der Waals surface area contributed by atoms with E-state index in [-0.39, 0.29) is 0 Å². The van der Waals surface area contributed by atoms with Gasteiger partial charge in [0.15, 0.2) is 0 Å². The molecule has 0 aromatic carbocycles. The topological polar surface area (TPSA) is 36.9 Å². The molecule has 1 aliphatic heterocycles. The summed E-state index contributed by atoms with van der Waals surface area (Å²) in [4.78, 5) is 4.35. The summed E-state index contributed by atoms with van der Waals surface area (Å²) < 4.78 is 24.3. The van der Waals surface area contributed by atoms with E-state index in [1.807, 2.05) is 5.43 Å². The second-order valence-corrected chi connectivity index (χ2v) is 1.48. The number of hydrogen-bond donors (Lipinski definition) is 1. The highest BCUT2D eigenvalue weighted by atomic mass is 19.1. The van der Waals surface area contributed by atoms with Crippen molar-refractivity contribution in [3.05, 3.63) is 12.0 Å². The van der Waals surface area contributed by atoms with Gasteiger partial charge < -0.3 is 0 Å². The lowest BCUT2D eigenvalue weighted by Gasteiger charge is -2.17. The summed E-state index contributed by atoms with van der Waals surface area (Å²) in [6, 6.07) is 0. The van der Waals surface area contributed by atoms with Gasteiger partial charge in [-0.2, -0.15) is 8.78 Å². The maximum Gasteiger partial charge on any atom is 0.239 e. The SMILES string of the molecule is CON1N=C(F)C=C(F)N1. The molecule has 0 saturated carbocycles. The normalized spacial score (nSPS) is 17.7. The van der Waals surface area contributed by atoms with E-state index in [1.54, 1.807) is 0 Å². The zero-order valence-corrected chi connectivity index (χ0v) is 5.14. The number of rotatable bonds is 1. The molecule has 1 rings (SSSR count). The summed E-state index contributed by atoms with van der Waals surface area (Å²) in [6.45, 7) is 0. The number of nitrogens with zero attached hydrogens (tertiary/aromatic N) is 2. The van der Waals surface area contributed by atoms with E-state index in [4.69, 9.17) is 0 Å². The third-order valence-corrected chi connectivity index (χ3v) is 0.808. The lowest BCUT2D eigenvalue weighted by Crippen LogP contribution is -2.34. The molecule has 4 nitrogen and oxygen atoms in total. The highest BCUT2D eigenvalue weighted by Crippen LogP contribution is 2.03. The zero-order chi connectivity index (χ0) is 7.56. The molecule has 0 aliphatic carbocycles. The van der Waals surface area contributed by atoms with Gasteiger partial charge in [-0.1, -0.05) is 10.4 Å². The first-order chi connectivity index (χ1) is 4.72. The molecule has 0 unspecified atom stereocenters. The van der Waals surface area contributed by atoms with Gasteiger partial charge in [0.05, 0.1) is 7.11 Å². The van der Waals surface area contributed by atoms with Crippen LogP contribution in [-0.4, -0.2) is 18.4 Å². The van der Waals surface area contributed by atoms with E-state index in [1.165, 1.54) is 7.11 Å². The van der Waals surface area contributed by atoms with Gasteiger partial charge in [-0.05, 0) is 0 Å². The smallest absolute Gasteiger partial charge is 0.239 e. The van der Waals surface area contributed by atoms with Crippen LogP contribution in [0.2, 0.25) is 0 Å². The van der Waals surface area contributed by atoms with Crippen molar-refractivity contribution in [2.24, 2.45) is 5.10 Å². The number of nitrogens with one attached hydrogen (secondary N) is 1. The summed E-state index contributed by atoms with van der Waals surface area (Å²) in [7, 11) is 1.22. The molecule has 0 saturated heterocycles. The van der Waals surface area contributed by atoms with Crippen LogP contribution in [0.5, 0.6) is 0 Å². The standard InChI is InChI=1S/C4H5F2N3O/c1-10-9-7-3(5)2-4(6)8-9/h2,7H,1H3. The van der Waals surface area contributed by atoms with Crippen molar-refractivity contribution in [3.8, 4) is 0 Å². The molecule has 0 amide bonds. The van der Waals surface area contributed by atoms with Crippen LogP contribution in [0.3, 0.4) is 0 Å². The second-order valence-electron chi connectivity index (χ2n) is 1.48. The first-order valence-electron chi connectivity index (χ1n) is 2.44. The predicted molar refractivity (Wildman–Crippen MR) is 29.7 cm³/mol. The fourth-order valence-electron chi connectivity index (χ4n) is 0.455. The summed E-state index contributed by atoms with van der Waals surface area (Å²) in [5, 5.41) is 3.66. The van der Waals surface area contributed by atoms with Gasteiger partial charge >= 0.3 is 0 Å². The molecule has 1 aliphatic rings. The molecule has 6 heteroatoms. The van der Waals surface area contributed by atoms with Crippen LogP contribution >= 0.6 is 0 Å². The highest BCUT2D eigenvalue weighted by molar-refractivity contribution is 5.86. The Morgan fingerprint density at radius 1 is 1.70 bits per heavy atom. The van der Waals surface area contributed by atoms with Crippen molar-refractivity contribution >= 4 is 5.97 Å². The number of hydrogen-bond acceptors (Lipinski definition) is 4. The van der Waals surface area contributed by atoms with Crippen molar-refractivity contribution in [3.63, 3.8) is 0 Å². The third kappa shape index (κ3) is 1.41. The van der Waals surface area contributed by atoms with Crippen molar-refractivity contribution in [2.45, 2.75) is 0 Å². The van der Waals surface area contributed by atoms with E-state index in [9.17, 15) is 8.78 Å². The molecule has 0 radical (unpaired) electrons. The maximum atomic E-state index is 12.2. The minimum absolute atomic E-state index is 0.574. The van der Waals surface area contributed by atoms with E-state index < -0.39 is 11.9 Å². The fraction of sp³-hybridized carbons (Fsp3) is 0.250. The lowest BCUT2D eigenvalue weighted by atomic mass is 10.6. The van der Waals surface area contributed by atoms with Crippen LogP contribution < -0.4 is 5.43 Å². The summed E-state index contributed by atoms with van der Waals surface area (Å²) in [5.41, 5.74) is 1.97. The molecule has 0 fully saturated rings. The average molecular weight is 149 g/mol. The Kier molecular flexibility index (Phi) is 1.81. The van der Waals surface area contributed by atoms with Crippen LogP contribution in [0.25, 0.3) is 0 Å². The van der Waals surface area contributed by atoms with E-state index in [0.29, 0.717) is 11.4 Å². The molecule has 56 valence electrons. The summed E-state index contributed by atoms with van der Waals surface area (Å²) >= 11 is 0. The zero-order valence-electron chi connectivity index (χ0n) is 5.14. The van der Waals surface area contributed by atoms with E-state index >= 15 is 0 Å². The predicted octanol–water partition coefficient (Wildman–Crippen LogP) is 0.462. The number of halogens is 2. The Hall–Kier alpha value is -1.17. The molecule has 0 bridgehead atoms. The first kappa shape index (κ1) is 6.94. The Bertz CT molecular complexity index is 191. The van der Waals surface area contributed by atoms with Crippen molar-refractivity contribution in [1.29, 1.82) is 0 Å². The van der Waals surface area contributed by atoms with Gasteiger partial charge in [-0.3, -0.25) is 0 Å². The molecule has 10 heavy (non-hydrogen) atoms. The third-order valence-electron chi connectivity index (χ3n) is 0.808. The van der Waals surface area contributed by atoms with Gasteiger partial charge in [0.1, 0.15) is 0 Å². The lowest BCUT2D eigenvalue weighted by molar-refractivity contribution is -0.169. The van der Waals surface area contributed by atoms with Crippen LogP contribution in [-0.2, 0) is 4.84 Å². The quantitative estimate of drug-likeness (QED) is 0.550. The molecule has 1 N–H and O–H groups in total. The monoisotopic (exact) mass is 149 g/mol. The summed E-state index contributed by atoms with van der Waals surface area (Å²) in [5.74, 6) is -1.80. The number of allylic oxidation sites excluding steroid dienone is 1. The minimum atomic E-state index is -0.946. The van der Waals surface area contributed by atoms with E-state index in [2.05, 4.69) is 9.94 Å². The number of hydrazine groups is 1. The van der Waals surface area contributed by atoms with Gasteiger partial charge in [0, 0.05) is 6.08 Å². The summed E-state index contributed by atoms with van der Waals surface area (Å²) in [6.07, 6.45) is 0.607. The number of hydrazone groups is 1. The maximum absolute atomic E-state index is 12.2. The first-order valence-corrected chi connectivity index (χ1v) is 2.44. The van der Waals surface area contributed by atoms with Crippen molar-refractivity contribution in [2.75, 3.05) is 7.11 Å². The second kappa shape index (κ2) is 2.61. The van der Waals surface area contributed by atoms with Crippen molar-refractivity contribution in [1.82, 2.24) is 10.7 Å². The van der Waals surface area contributed by atoms with Crippen LogP contribution in [0.1, 0.15) is 0 Å². The molecule has 1 heterocycles. The molecule has 0 atom stereocenters. The Labute approximate surface area is 55.7 Å².